The minimum Gasteiger partial charge on any atom is -0.497 e. The lowest BCUT2D eigenvalue weighted by Gasteiger charge is -2.22. The van der Waals surface area contributed by atoms with Crippen LogP contribution in [0.5, 0.6) is 5.75 Å². The molecule has 130 valence electrons. The third-order valence-electron chi connectivity index (χ3n) is 4.75. The number of nitrogens with zero attached hydrogens (tertiary/aromatic N) is 1. The summed E-state index contributed by atoms with van der Waals surface area (Å²) in [7, 11) is 1.65. The Balaban J connectivity index is 1.70. The Morgan fingerprint density at radius 1 is 1.12 bits per heavy atom. The summed E-state index contributed by atoms with van der Waals surface area (Å²) in [4.78, 5) is 12.3. The monoisotopic (exact) mass is 339 g/mol. The van der Waals surface area contributed by atoms with E-state index in [1.54, 1.807) is 11.7 Å². The van der Waals surface area contributed by atoms with E-state index in [0.29, 0.717) is 12.1 Å². The highest BCUT2D eigenvalue weighted by molar-refractivity contribution is 5.80. The second-order valence-corrected chi connectivity index (χ2v) is 6.38. The summed E-state index contributed by atoms with van der Waals surface area (Å²) < 4.78 is 18.1. The molecule has 2 aromatic carbocycles. The first-order valence-corrected chi connectivity index (χ1v) is 8.64. The molecule has 1 aliphatic rings. The minimum atomic E-state index is -0.323. The molecule has 0 saturated carbocycles. The van der Waals surface area contributed by atoms with E-state index in [0.717, 1.165) is 48.3 Å². The first kappa shape index (κ1) is 16.0. The topological polar surface area (TPSA) is 53.6 Å². The maximum absolute atomic E-state index is 12.3. The van der Waals surface area contributed by atoms with Gasteiger partial charge in [0.25, 0.3) is 0 Å². The molecule has 1 aromatic heterocycles. The predicted molar refractivity (Wildman–Crippen MR) is 96.1 cm³/mol. The van der Waals surface area contributed by atoms with Gasteiger partial charge < -0.3 is 13.9 Å². The van der Waals surface area contributed by atoms with Gasteiger partial charge in [0.15, 0.2) is 5.58 Å². The fourth-order valence-corrected chi connectivity index (χ4v) is 3.35. The van der Waals surface area contributed by atoms with Crippen molar-refractivity contribution < 1.29 is 13.9 Å². The largest absolute Gasteiger partial charge is 0.497 e. The van der Waals surface area contributed by atoms with E-state index in [-0.39, 0.29) is 11.9 Å². The number of hydrogen-bond donors (Lipinski definition) is 0. The molecular formula is C20H21NO4. The maximum Gasteiger partial charge on any atom is 0.420 e. The first-order valence-electron chi connectivity index (χ1n) is 8.64. The van der Waals surface area contributed by atoms with Crippen molar-refractivity contribution in [1.82, 2.24) is 4.57 Å². The van der Waals surface area contributed by atoms with E-state index >= 15 is 0 Å². The Kier molecular flexibility index (Phi) is 4.32. The Morgan fingerprint density at radius 2 is 1.92 bits per heavy atom. The van der Waals surface area contributed by atoms with Gasteiger partial charge in [-0.1, -0.05) is 18.2 Å². The van der Waals surface area contributed by atoms with Gasteiger partial charge in [-0.3, -0.25) is 4.57 Å². The van der Waals surface area contributed by atoms with E-state index in [1.807, 2.05) is 42.5 Å². The summed E-state index contributed by atoms with van der Waals surface area (Å²) in [5.41, 5.74) is 3.52. The van der Waals surface area contributed by atoms with Crippen molar-refractivity contribution >= 4 is 11.1 Å². The van der Waals surface area contributed by atoms with Crippen LogP contribution in [0.2, 0.25) is 0 Å². The summed E-state index contributed by atoms with van der Waals surface area (Å²) >= 11 is 0. The lowest BCUT2D eigenvalue weighted by Crippen LogP contribution is -2.28. The van der Waals surface area contributed by atoms with Crippen LogP contribution >= 0.6 is 0 Å². The van der Waals surface area contributed by atoms with Gasteiger partial charge in [0.05, 0.1) is 25.3 Å². The van der Waals surface area contributed by atoms with Crippen molar-refractivity contribution in [3.63, 3.8) is 0 Å². The number of rotatable bonds is 4. The number of benzene rings is 2. The Morgan fingerprint density at radius 3 is 2.64 bits per heavy atom. The van der Waals surface area contributed by atoms with Crippen LogP contribution in [0.3, 0.4) is 0 Å². The molecule has 0 radical (unpaired) electrons. The van der Waals surface area contributed by atoms with Gasteiger partial charge in [-0.15, -0.1) is 0 Å². The summed E-state index contributed by atoms with van der Waals surface area (Å²) in [6, 6.07) is 13.7. The molecule has 0 N–H and O–H groups in total. The smallest absolute Gasteiger partial charge is 0.420 e. The van der Waals surface area contributed by atoms with E-state index in [4.69, 9.17) is 13.9 Å². The molecule has 0 aliphatic carbocycles. The average Bonchev–Trinajstić information content (AvgIpc) is 2.97. The second-order valence-electron chi connectivity index (χ2n) is 6.38. The van der Waals surface area contributed by atoms with Crippen LogP contribution in [-0.2, 0) is 11.3 Å². The van der Waals surface area contributed by atoms with Crippen LogP contribution in [0.25, 0.3) is 22.2 Å². The fourth-order valence-electron chi connectivity index (χ4n) is 3.35. The highest BCUT2D eigenvalue weighted by Crippen LogP contribution is 2.26. The molecule has 1 fully saturated rings. The molecule has 0 amide bonds. The van der Waals surface area contributed by atoms with Crippen molar-refractivity contribution in [1.29, 1.82) is 0 Å². The van der Waals surface area contributed by atoms with E-state index < -0.39 is 0 Å². The minimum absolute atomic E-state index is 0.0805. The molecule has 0 spiro atoms. The second kappa shape index (κ2) is 6.76. The molecule has 5 nitrogen and oxygen atoms in total. The van der Waals surface area contributed by atoms with Crippen LogP contribution in [-0.4, -0.2) is 24.4 Å². The zero-order valence-corrected chi connectivity index (χ0v) is 14.2. The summed E-state index contributed by atoms with van der Waals surface area (Å²) in [6.07, 6.45) is 3.31. The third-order valence-corrected chi connectivity index (χ3v) is 4.75. The summed E-state index contributed by atoms with van der Waals surface area (Å²) in [6.45, 7) is 1.31. The predicted octanol–water partition coefficient (Wildman–Crippen LogP) is 3.84. The average molecular weight is 339 g/mol. The van der Waals surface area contributed by atoms with Gasteiger partial charge in [0, 0.05) is 6.61 Å². The lowest BCUT2D eigenvalue weighted by molar-refractivity contribution is 0.00559. The van der Waals surface area contributed by atoms with Crippen molar-refractivity contribution in [2.45, 2.75) is 31.9 Å². The molecule has 5 heteroatoms. The van der Waals surface area contributed by atoms with Gasteiger partial charge in [-0.2, -0.15) is 0 Å². The number of fused-ring (bicyclic) bond motifs is 1. The van der Waals surface area contributed by atoms with E-state index in [9.17, 15) is 4.79 Å². The number of methoxy groups -OCH3 is 1. The summed E-state index contributed by atoms with van der Waals surface area (Å²) in [5, 5.41) is 0. The van der Waals surface area contributed by atoms with Gasteiger partial charge >= 0.3 is 5.76 Å². The maximum atomic E-state index is 12.3. The lowest BCUT2D eigenvalue weighted by atomic mass is 10.0. The molecule has 1 unspecified atom stereocenters. The van der Waals surface area contributed by atoms with Crippen molar-refractivity contribution in [2.75, 3.05) is 13.7 Å². The molecule has 25 heavy (non-hydrogen) atoms. The van der Waals surface area contributed by atoms with Crippen LogP contribution < -0.4 is 10.5 Å². The molecular weight excluding hydrogens is 318 g/mol. The van der Waals surface area contributed by atoms with Gasteiger partial charge in [0.2, 0.25) is 0 Å². The highest BCUT2D eigenvalue weighted by Gasteiger charge is 2.18. The van der Waals surface area contributed by atoms with Crippen LogP contribution in [0.1, 0.15) is 19.3 Å². The Labute approximate surface area is 145 Å². The molecule has 1 saturated heterocycles. The van der Waals surface area contributed by atoms with Gasteiger partial charge in [0.1, 0.15) is 5.75 Å². The van der Waals surface area contributed by atoms with Crippen molar-refractivity contribution in [3.8, 4) is 16.9 Å². The molecule has 1 atom stereocenters. The zero-order valence-electron chi connectivity index (χ0n) is 14.2. The molecule has 1 aliphatic heterocycles. The third kappa shape index (κ3) is 3.20. The molecule has 3 aromatic rings. The summed E-state index contributed by atoms with van der Waals surface area (Å²) in [5.74, 6) is 0.496. The fraction of sp³-hybridized carbons (Fsp3) is 0.350. The molecule has 0 bridgehead atoms. The number of hydrogen-bond acceptors (Lipinski definition) is 4. The number of aromatic nitrogens is 1. The first-order chi connectivity index (χ1) is 12.2. The SMILES string of the molecule is COc1ccc(-c2ccc3oc(=O)n(CC4CCCCO4)c3c2)cc1. The van der Waals surface area contributed by atoms with E-state index in [2.05, 4.69) is 0 Å². The van der Waals surface area contributed by atoms with Crippen molar-refractivity contribution in [2.24, 2.45) is 0 Å². The Hall–Kier alpha value is -2.53. The molecule has 4 rings (SSSR count). The Bertz CT molecular complexity index is 917. The number of ether oxygens (including phenoxy) is 2. The zero-order chi connectivity index (χ0) is 17.2. The highest BCUT2D eigenvalue weighted by atomic mass is 16.5. The number of oxazole rings is 1. The van der Waals surface area contributed by atoms with Gasteiger partial charge in [-0.05, 0) is 54.7 Å². The molecule has 2 heterocycles. The van der Waals surface area contributed by atoms with Crippen LogP contribution in [0.4, 0.5) is 0 Å². The van der Waals surface area contributed by atoms with Crippen molar-refractivity contribution in [3.05, 3.63) is 53.0 Å². The van der Waals surface area contributed by atoms with Crippen LogP contribution in [0.15, 0.2) is 51.7 Å². The van der Waals surface area contributed by atoms with Gasteiger partial charge in [-0.25, -0.2) is 4.79 Å². The normalized spacial score (nSPS) is 17.7. The standard InChI is InChI=1S/C20H21NO4/c1-23-16-8-5-14(6-9-16)15-7-10-19-18(12-15)21(20(22)25-19)13-17-4-2-3-11-24-17/h5-10,12,17H,2-4,11,13H2,1H3. The van der Waals surface area contributed by atoms with E-state index in [1.165, 1.54) is 0 Å². The van der Waals surface area contributed by atoms with Crippen LogP contribution in [0, 0.1) is 0 Å². The quantitative estimate of drug-likeness (QED) is 0.725.